The summed E-state index contributed by atoms with van der Waals surface area (Å²) in [6, 6.07) is 5.36. The number of carbonyl (C=O) groups excluding carboxylic acids is 2. The molecule has 0 spiro atoms. The fourth-order valence-corrected chi connectivity index (χ4v) is 2.38. The number of amides is 1. The second kappa shape index (κ2) is 8.45. The molecule has 0 atom stereocenters. The predicted octanol–water partition coefficient (Wildman–Crippen LogP) is 3.94. The van der Waals surface area contributed by atoms with Crippen molar-refractivity contribution in [1.82, 2.24) is 0 Å². The number of nitrogens with one attached hydrogen (secondary N) is 1. The Morgan fingerprint density at radius 2 is 1.81 bits per heavy atom. The second-order valence-corrected chi connectivity index (χ2v) is 5.30. The van der Waals surface area contributed by atoms with Crippen molar-refractivity contribution in [3.05, 3.63) is 29.3 Å². The maximum absolute atomic E-state index is 12.4. The molecule has 4 heteroatoms. The van der Waals surface area contributed by atoms with Gasteiger partial charge in [0, 0.05) is 5.92 Å². The lowest BCUT2D eigenvalue weighted by atomic mass is 9.97. The summed E-state index contributed by atoms with van der Waals surface area (Å²) in [5, 5.41) is 2.88. The average molecular weight is 291 g/mol. The molecular weight excluding hydrogens is 266 g/mol. The molecular formula is C17H25NO3. The van der Waals surface area contributed by atoms with Crippen LogP contribution in [0.15, 0.2) is 18.2 Å². The van der Waals surface area contributed by atoms with Crippen LogP contribution in [-0.4, -0.2) is 19.0 Å². The van der Waals surface area contributed by atoms with E-state index < -0.39 is 5.97 Å². The Labute approximate surface area is 126 Å². The van der Waals surface area contributed by atoms with Gasteiger partial charge in [0.25, 0.3) is 0 Å². The highest BCUT2D eigenvalue weighted by Gasteiger charge is 2.19. The molecule has 1 amide bonds. The lowest BCUT2D eigenvalue weighted by molar-refractivity contribution is -0.120. The quantitative estimate of drug-likeness (QED) is 0.774. The molecule has 1 N–H and O–H groups in total. The summed E-state index contributed by atoms with van der Waals surface area (Å²) in [4.78, 5) is 24.2. The largest absolute Gasteiger partial charge is 0.465 e. The van der Waals surface area contributed by atoms with Crippen LogP contribution in [0.1, 0.15) is 55.5 Å². The molecule has 0 aliphatic rings. The van der Waals surface area contributed by atoms with Crippen molar-refractivity contribution >= 4 is 17.6 Å². The molecule has 0 aliphatic carbocycles. The van der Waals surface area contributed by atoms with Crippen LogP contribution in [0, 0.1) is 12.8 Å². The number of hydrogen-bond acceptors (Lipinski definition) is 3. The van der Waals surface area contributed by atoms with E-state index >= 15 is 0 Å². The van der Waals surface area contributed by atoms with Crippen LogP contribution in [0.3, 0.4) is 0 Å². The van der Waals surface area contributed by atoms with E-state index in [2.05, 4.69) is 19.2 Å². The maximum Gasteiger partial charge on any atom is 0.339 e. The van der Waals surface area contributed by atoms with Crippen LogP contribution in [0.2, 0.25) is 0 Å². The van der Waals surface area contributed by atoms with Crippen LogP contribution < -0.4 is 5.32 Å². The molecule has 1 aromatic rings. The van der Waals surface area contributed by atoms with Gasteiger partial charge in [-0.05, 0) is 31.9 Å². The van der Waals surface area contributed by atoms with Crippen molar-refractivity contribution in [2.24, 2.45) is 5.92 Å². The number of aryl methyl sites for hydroxylation is 1. The van der Waals surface area contributed by atoms with Crippen LogP contribution in [0.25, 0.3) is 0 Å². The van der Waals surface area contributed by atoms with E-state index in [1.165, 1.54) is 7.11 Å². The summed E-state index contributed by atoms with van der Waals surface area (Å²) in [5.41, 5.74) is 1.87. The Balaban J connectivity index is 2.95. The summed E-state index contributed by atoms with van der Waals surface area (Å²) < 4.78 is 4.78. The minimum atomic E-state index is -0.434. The van der Waals surface area contributed by atoms with Crippen molar-refractivity contribution < 1.29 is 14.3 Å². The molecule has 0 bridgehead atoms. The zero-order valence-corrected chi connectivity index (χ0v) is 13.4. The number of esters is 1. The maximum atomic E-state index is 12.4. The molecule has 4 nitrogen and oxygen atoms in total. The molecule has 0 saturated carbocycles. The first-order valence-electron chi connectivity index (χ1n) is 7.53. The van der Waals surface area contributed by atoms with Gasteiger partial charge in [-0.1, -0.05) is 38.3 Å². The van der Waals surface area contributed by atoms with Gasteiger partial charge in [0.15, 0.2) is 0 Å². The first-order chi connectivity index (χ1) is 10.0. The zero-order chi connectivity index (χ0) is 15.8. The van der Waals surface area contributed by atoms with Gasteiger partial charge in [-0.3, -0.25) is 4.79 Å². The molecule has 1 aromatic carbocycles. The third-order valence-electron chi connectivity index (χ3n) is 3.48. The fourth-order valence-electron chi connectivity index (χ4n) is 2.38. The van der Waals surface area contributed by atoms with Gasteiger partial charge in [0.1, 0.15) is 0 Å². The summed E-state index contributed by atoms with van der Waals surface area (Å²) in [5.74, 6) is -0.462. The second-order valence-electron chi connectivity index (χ2n) is 5.30. The number of methoxy groups -OCH3 is 1. The molecule has 0 unspecified atom stereocenters. The van der Waals surface area contributed by atoms with Crippen LogP contribution in [0.5, 0.6) is 0 Å². The monoisotopic (exact) mass is 291 g/mol. The zero-order valence-electron chi connectivity index (χ0n) is 13.4. The van der Waals surface area contributed by atoms with E-state index in [0.29, 0.717) is 11.3 Å². The fraction of sp³-hybridized carbons (Fsp3) is 0.529. The van der Waals surface area contributed by atoms with Crippen molar-refractivity contribution in [1.29, 1.82) is 0 Å². The van der Waals surface area contributed by atoms with Crippen LogP contribution in [0.4, 0.5) is 5.69 Å². The SMILES string of the molecule is CCCC(CCC)C(=O)Nc1ccc(C)cc1C(=O)OC. The molecule has 21 heavy (non-hydrogen) atoms. The highest BCUT2D eigenvalue weighted by Crippen LogP contribution is 2.21. The number of anilines is 1. The number of hydrogen-bond donors (Lipinski definition) is 1. The van der Waals surface area contributed by atoms with Gasteiger partial charge in [-0.25, -0.2) is 4.79 Å². The van der Waals surface area contributed by atoms with E-state index in [4.69, 9.17) is 4.74 Å². The molecule has 0 aliphatic heterocycles. The van der Waals surface area contributed by atoms with Crippen molar-refractivity contribution in [2.75, 3.05) is 12.4 Å². The van der Waals surface area contributed by atoms with Crippen molar-refractivity contribution in [3.63, 3.8) is 0 Å². The van der Waals surface area contributed by atoms with E-state index in [1.807, 2.05) is 13.0 Å². The predicted molar refractivity (Wildman–Crippen MR) is 84.5 cm³/mol. The van der Waals surface area contributed by atoms with Gasteiger partial charge < -0.3 is 10.1 Å². The Kier molecular flexibility index (Phi) is 6.92. The molecule has 0 aromatic heterocycles. The molecule has 116 valence electrons. The Hall–Kier alpha value is -1.84. The number of carbonyl (C=O) groups is 2. The summed E-state index contributed by atoms with van der Waals surface area (Å²) >= 11 is 0. The number of rotatable bonds is 7. The topological polar surface area (TPSA) is 55.4 Å². The van der Waals surface area contributed by atoms with Crippen molar-refractivity contribution in [2.45, 2.75) is 46.5 Å². The van der Waals surface area contributed by atoms with Gasteiger partial charge in [0.05, 0.1) is 18.4 Å². The third-order valence-corrected chi connectivity index (χ3v) is 3.48. The Bertz CT molecular complexity index is 491. The van der Waals surface area contributed by atoms with E-state index in [-0.39, 0.29) is 11.8 Å². The highest BCUT2D eigenvalue weighted by molar-refractivity contribution is 6.02. The Morgan fingerprint density at radius 3 is 2.33 bits per heavy atom. The Morgan fingerprint density at radius 1 is 1.19 bits per heavy atom. The van der Waals surface area contributed by atoms with Gasteiger partial charge in [-0.15, -0.1) is 0 Å². The molecule has 0 radical (unpaired) electrons. The summed E-state index contributed by atoms with van der Waals surface area (Å²) in [6.07, 6.45) is 3.66. The standard InChI is InChI=1S/C17H25NO3/c1-5-7-13(8-6-2)16(19)18-15-10-9-12(3)11-14(15)17(20)21-4/h9-11,13H,5-8H2,1-4H3,(H,18,19). The third kappa shape index (κ3) is 4.88. The number of ether oxygens (including phenoxy) is 1. The molecule has 1 rings (SSSR count). The first kappa shape index (κ1) is 17.2. The lowest BCUT2D eigenvalue weighted by Crippen LogP contribution is -2.24. The summed E-state index contributed by atoms with van der Waals surface area (Å²) in [6.45, 7) is 6.04. The molecule has 0 heterocycles. The minimum absolute atomic E-state index is 0.00759. The smallest absolute Gasteiger partial charge is 0.339 e. The van der Waals surface area contributed by atoms with Crippen LogP contribution in [-0.2, 0) is 9.53 Å². The van der Waals surface area contributed by atoms with E-state index in [1.54, 1.807) is 12.1 Å². The van der Waals surface area contributed by atoms with Gasteiger partial charge >= 0.3 is 5.97 Å². The lowest BCUT2D eigenvalue weighted by Gasteiger charge is -2.17. The minimum Gasteiger partial charge on any atom is -0.465 e. The highest BCUT2D eigenvalue weighted by atomic mass is 16.5. The number of benzene rings is 1. The normalized spacial score (nSPS) is 10.5. The van der Waals surface area contributed by atoms with Gasteiger partial charge in [-0.2, -0.15) is 0 Å². The van der Waals surface area contributed by atoms with Gasteiger partial charge in [0.2, 0.25) is 5.91 Å². The molecule has 0 fully saturated rings. The first-order valence-corrected chi connectivity index (χ1v) is 7.53. The summed E-state index contributed by atoms with van der Waals surface area (Å²) in [7, 11) is 1.34. The average Bonchev–Trinajstić information content (AvgIpc) is 2.48. The van der Waals surface area contributed by atoms with E-state index in [0.717, 1.165) is 31.2 Å². The molecule has 0 saturated heterocycles. The van der Waals surface area contributed by atoms with Crippen LogP contribution >= 0.6 is 0 Å². The van der Waals surface area contributed by atoms with Crippen molar-refractivity contribution in [3.8, 4) is 0 Å². The van der Waals surface area contributed by atoms with E-state index in [9.17, 15) is 9.59 Å².